The molecule has 0 saturated carbocycles. The number of carbonyl (C=O) groups is 2. The van der Waals surface area contributed by atoms with E-state index in [1.807, 2.05) is 30.3 Å². The third kappa shape index (κ3) is 3.65. The number of hydrogen-bond acceptors (Lipinski definition) is 5. The zero-order chi connectivity index (χ0) is 23.3. The summed E-state index contributed by atoms with van der Waals surface area (Å²) in [7, 11) is 0. The molecule has 0 aliphatic carbocycles. The molecule has 1 saturated heterocycles. The van der Waals surface area contributed by atoms with Crippen LogP contribution in [0.15, 0.2) is 48.5 Å². The van der Waals surface area contributed by atoms with Gasteiger partial charge in [0.05, 0.1) is 18.3 Å². The van der Waals surface area contributed by atoms with Crippen molar-refractivity contribution in [2.24, 2.45) is 5.92 Å². The molecule has 1 fully saturated rings. The van der Waals surface area contributed by atoms with E-state index in [2.05, 4.69) is 18.8 Å². The van der Waals surface area contributed by atoms with Gasteiger partial charge in [0, 0.05) is 29.6 Å². The predicted molar refractivity (Wildman–Crippen MR) is 125 cm³/mol. The molecule has 0 bridgehead atoms. The fourth-order valence-corrected chi connectivity index (χ4v) is 5.09. The molecule has 8 nitrogen and oxygen atoms in total. The van der Waals surface area contributed by atoms with Crippen LogP contribution in [0, 0.1) is 11.1 Å². The standard InChI is InChI=1S/C25H27N4O4/c1-15(2)10-11-27-14-22(30)28-21(25(27)31)13-19-18-8-3-4-9-20(18)26-23(19)24(28)16-6-5-7-17(12-16)29(32)33/h3-9,12,15,21,24,26,32H,10-11,13-14H2,1-2H3/q-1/t21-,24?/m0/s1. The molecule has 2 atom stereocenters. The Balaban J connectivity index is 1.64. The summed E-state index contributed by atoms with van der Waals surface area (Å²) in [5, 5.41) is 21.8. The SMILES string of the molecule is CC(C)CCN1CC(=O)N2C(c3cccc(N([O-])O)c3)c3[nH]c4ccccc4c3C[C@H]2C1=O. The topological polar surface area (TPSA) is 103 Å². The summed E-state index contributed by atoms with van der Waals surface area (Å²) in [5.74, 6) is 0.271. The average molecular weight is 448 g/mol. The van der Waals surface area contributed by atoms with Gasteiger partial charge in [-0.1, -0.05) is 44.2 Å². The van der Waals surface area contributed by atoms with Crippen molar-refractivity contribution in [3.63, 3.8) is 0 Å². The first-order valence-electron chi connectivity index (χ1n) is 11.3. The highest BCUT2D eigenvalue weighted by Gasteiger charge is 2.48. The maximum absolute atomic E-state index is 13.6. The molecule has 0 spiro atoms. The highest BCUT2D eigenvalue weighted by atomic mass is 16.8. The van der Waals surface area contributed by atoms with Gasteiger partial charge in [0.15, 0.2) is 0 Å². The van der Waals surface area contributed by atoms with Gasteiger partial charge in [0.2, 0.25) is 11.8 Å². The fourth-order valence-electron chi connectivity index (χ4n) is 5.09. The molecule has 172 valence electrons. The minimum atomic E-state index is -0.615. The molecule has 33 heavy (non-hydrogen) atoms. The Morgan fingerprint density at radius 2 is 1.97 bits per heavy atom. The Labute approximate surface area is 191 Å². The summed E-state index contributed by atoms with van der Waals surface area (Å²) in [6.07, 6.45) is 1.28. The number of benzene rings is 2. The van der Waals surface area contributed by atoms with Crippen LogP contribution in [0.5, 0.6) is 0 Å². The molecule has 3 aromatic rings. The first-order valence-corrected chi connectivity index (χ1v) is 11.3. The van der Waals surface area contributed by atoms with Crippen LogP contribution in [0.3, 0.4) is 0 Å². The average Bonchev–Trinajstić information content (AvgIpc) is 3.17. The lowest BCUT2D eigenvalue weighted by Gasteiger charge is -2.47. The molecule has 1 aromatic heterocycles. The van der Waals surface area contributed by atoms with Crippen molar-refractivity contribution in [3.8, 4) is 0 Å². The van der Waals surface area contributed by atoms with Crippen molar-refractivity contribution in [2.75, 3.05) is 18.3 Å². The van der Waals surface area contributed by atoms with Gasteiger partial charge in [-0.15, -0.1) is 0 Å². The van der Waals surface area contributed by atoms with Crippen molar-refractivity contribution in [1.29, 1.82) is 0 Å². The van der Waals surface area contributed by atoms with E-state index in [0.29, 0.717) is 24.4 Å². The van der Waals surface area contributed by atoms with Gasteiger partial charge in [-0.2, -0.15) is 0 Å². The number of rotatable bonds is 5. The summed E-state index contributed by atoms with van der Waals surface area (Å²) in [5.41, 5.74) is 3.53. The van der Waals surface area contributed by atoms with Crippen LogP contribution >= 0.6 is 0 Å². The van der Waals surface area contributed by atoms with E-state index in [1.165, 1.54) is 6.07 Å². The molecule has 2 aliphatic rings. The third-order valence-electron chi connectivity index (χ3n) is 6.73. The lowest BCUT2D eigenvalue weighted by molar-refractivity contribution is -0.158. The van der Waals surface area contributed by atoms with Gasteiger partial charge in [-0.25, -0.2) is 0 Å². The number of piperazine rings is 1. The predicted octanol–water partition coefficient (Wildman–Crippen LogP) is 3.59. The van der Waals surface area contributed by atoms with E-state index in [-0.39, 0.29) is 29.3 Å². The van der Waals surface area contributed by atoms with Crippen molar-refractivity contribution >= 4 is 28.4 Å². The number of carbonyl (C=O) groups excluding carboxylic acids is 2. The molecule has 2 N–H and O–H groups in total. The summed E-state index contributed by atoms with van der Waals surface area (Å²) in [6.45, 7) is 4.81. The third-order valence-corrected chi connectivity index (χ3v) is 6.73. The summed E-state index contributed by atoms with van der Waals surface area (Å²) < 4.78 is 0. The van der Waals surface area contributed by atoms with Crippen LogP contribution in [0.4, 0.5) is 5.69 Å². The molecule has 2 aromatic carbocycles. The summed E-state index contributed by atoms with van der Waals surface area (Å²) in [4.78, 5) is 33.8. The number of aromatic amines is 1. The number of anilines is 1. The molecule has 5 rings (SSSR count). The molecule has 2 aliphatic heterocycles. The Morgan fingerprint density at radius 1 is 1.18 bits per heavy atom. The first-order chi connectivity index (χ1) is 15.8. The van der Waals surface area contributed by atoms with E-state index < -0.39 is 12.1 Å². The number of nitrogens with zero attached hydrogens (tertiary/aromatic N) is 3. The molecule has 0 radical (unpaired) electrons. The molecule has 1 unspecified atom stereocenters. The largest absolute Gasteiger partial charge is 0.733 e. The number of nitrogens with one attached hydrogen (secondary N) is 1. The smallest absolute Gasteiger partial charge is 0.246 e. The van der Waals surface area contributed by atoms with Crippen LogP contribution in [-0.2, 0) is 16.0 Å². The second-order valence-electron chi connectivity index (χ2n) is 9.30. The second-order valence-corrected chi connectivity index (χ2v) is 9.30. The highest BCUT2D eigenvalue weighted by molar-refractivity contribution is 5.97. The molecule has 2 amide bonds. The van der Waals surface area contributed by atoms with Crippen molar-refractivity contribution in [2.45, 2.75) is 38.8 Å². The molecular weight excluding hydrogens is 420 g/mol. The zero-order valence-electron chi connectivity index (χ0n) is 18.7. The van der Waals surface area contributed by atoms with Gasteiger partial charge in [0.25, 0.3) is 0 Å². The van der Waals surface area contributed by atoms with Crippen LogP contribution in [-0.4, -0.2) is 50.9 Å². The second kappa shape index (κ2) is 8.20. The normalized spacial score (nSPS) is 20.4. The minimum Gasteiger partial charge on any atom is -0.733 e. The Hall–Kier alpha value is -3.36. The minimum absolute atomic E-state index is 0.0417. The number of fused-ring (bicyclic) bond motifs is 4. The fraction of sp³-hybridized carbons (Fsp3) is 0.360. The number of H-pyrrole nitrogens is 1. The maximum Gasteiger partial charge on any atom is 0.246 e. The van der Waals surface area contributed by atoms with Gasteiger partial charge in [0.1, 0.15) is 6.04 Å². The molecule has 8 heteroatoms. The number of amides is 2. The number of para-hydroxylation sites is 1. The van der Waals surface area contributed by atoms with E-state index >= 15 is 0 Å². The number of aromatic nitrogens is 1. The van der Waals surface area contributed by atoms with Crippen molar-refractivity contribution in [1.82, 2.24) is 14.8 Å². The van der Waals surface area contributed by atoms with Crippen molar-refractivity contribution in [3.05, 3.63) is 70.6 Å². The van der Waals surface area contributed by atoms with Crippen LogP contribution in [0.25, 0.3) is 10.9 Å². The maximum atomic E-state index is 13.6. The van der Waals surface area contributed by atoms with Gasteiger partial charge in [-0.3, -0.25) is 14.8 Å². The van der Waals surface area contributed by atoms with E-state index in [1.54, 1.807) is 21.9 Å². The lowest BCUT2D eigenvalue weighted by atomic mass is 9.86. The Kier molecular flexibility index (Phi) is 5.34. The molecule has 3 heterocycles. The van der Waals surface area contributed by atoms with E-state index in [0.717, 1.165) is 28.6 Å². The summed E-state index contributed by atoms with van der Waals surface area (Å²) >= 11 is 0. The lowest BCUT2D eigenvalue weighted by Crippen LogP contribution is -2.63. The van der Waals surface area contributed by atoms with Gasteiger partial charge in [-0.05, 0) is 41.7 Å². The van der Waals surface area contributed by atoms with Gasteiger partial charge < -0.3 is 25.2 Å². The Morgan fingerprint density at radius 3 is 2.73 bits per heavy atom. The van der Waals surface area contributed by atoms with Gasteiger partial charge >= 0.3 is 0 Å². The zero-order valence-corrected chi connectivity index (χ0v) is 18.7. The highest BCUT2D eigenvalue weighted by Crippen LogP contribution is 2.43. The van der Waals surface area contributed by atoms with Crippen LogP contribution < -0.4 is 5.23 Å². The van der Waals surface area contributed by atoms with Crippen molar-refractivity contribution < 1.29 is 14.8 Å². The van der Waals surface area contributed by atoms with E-state index in [9.17, 15) is 20.0 Å². The van der Waals surface area contributed by atoms with E-state index in [4.69, 9.17) is 0 Å². The van der Waals surface area contributed by atoms with Crippen LogP contribution in [0.2, 0.25) is 0 Å². The number of hydrogen-bond donors (Lipinski definition) is 2. The first kappa shape index (κ1) is 21.5. The Bertz CT molecular complexity index is 1220. The van der Waals surface area contributed by atoms with Crippen LogP contribution in [0.1, 0.15) is 43.1 Å². The monoisotopic (exact) mass is 447 g/mol. The molecular formula is C25H27N4O4-. The quantitative estimate of drug-likeness (QED) is 0.582. The summed E-state index contributed by atoms with van der Waals surface area (Å²) in [6, 6.07) is 13.3.